The zero-order chi connectivity index (χ0) is 10.8. The molecule has 2 unspecified atom stereocenters. The molecule has 1 saturated carbocycles. The van der Waals surface area contributed by atoms with E-state index in [2.05, 4.69) is 12.2 Å². The second kappa shape index (κ2) is 4.21. The van der Waals surface area contributed by atoms with Crippen molar-refractivity contribution in [2.45, 2.75) is 38.6 Å². The third kappa shape index (κ3) is 2.30. The van der Waals surface area contributed by atoms with Gasteiger partial charge >= 0.3 is 0 Å². The molecular formula is C11H18N2O2. The van der Waals surface area contributed by atoms with Crippen molar-refractivity contribution in [1.82, 2.24) is 10.2 Å². The van der Waals surface area contributed by atoms with Crippen molar-refractivity contribution in [3.63, 3.8) is 0 Å². The van der Waals surface area contributed by atoms with Gasteiger partial charge in [-0.05, 0) is 18.8 Å². The van der Waals surface area contributed by atoms with Crippen molar-refractivity contribution < 1.29 is 9.59 Å². The fourth-order valence-corrected chi connectivity index (χ4v) is 2.36. The van der Waals surface area contributed by atoms with Crippen LogP contribution in [-0.2, 0) is 9.59 Å². The van der Waals surface area contributed by atoms with Crippen LogP contribution in [0.25, 0.3) is 0 Å². The van der Waals surface area contributed by atoms with E-state index in [0.29, 0.717) is 24.9 Å². The predicted octanol–water partition coefficient (Wildman–Crippen LogP) is 0.523. The van der Waals surface area contributed by atoms with E-state index >= 15 is 0 Å². The third-order valence-electron chi connectivity index (χ3n) is 3.28. The molecule has 84 valence electrons. The molecule has 0 bridgehead atoms. The number of hydrogen-bond donors (Lipinski definition) is 1. The van der Waals surface area contributed by atoms with Gasteiger partial charge in [-0.2, -0.15) is 0 Å². The molecule has 1 aliphatic carbocycles. The lowest BCUT2D eigenvalue weighted by atomic mass is 10.2. The SMILES string of the molecule is CCCC1CC1N1CCC(=O)NCC1=O. The van der Waals surface area contributed by atoms with Crippen molar-refractivity contribution in [2.75, 3.05) is 13.1 Å². The lowest BCUT2D eigenvalue weighted by Crippen LogP contribution is -2.37. The summed E-state index contributed by atoms with van der Waals surface area (Å²) in [5.41, 5.74) is 0. The van der Waals surface area contributed by atoms with Crippen LogP contribution in [0.1, 0.15) is 32.6 Å². The van der Waals surface area contributed by atoms with E-state index in [4.69, 9.17) is 0 Å². The van der Waals surface area contributed by atoms with Crippen LogP contribution >= 0.6 is 0 Å². The first-order valence-corrected chi connectivity index (χ1v) is 5.78. The van der Waals surface area contributed by atoms with Gasteiger partial charge in [0.2, 0.25) is 11.8 Å². The fourth-order valence-electron chi connectivity index (χ4n) is 2.36. The molecular weight excluding hydrogens is 192 g/mol. The number of nitrogens with one attached hydrogen (secondary N) is 1. The molecule has 1 heterocycles. The summed E-state index contributed by atoms with van der Waals surface area (Å²) >= 11 is 0. The van der Waals surface area contributed by atoms with Crippen molar-refractivity contribution in [3.05, 3.63) is 0 Å². The minimum atomic E-state index is -0.00135. The molecule has 1 aliphatic heterocycles. The van der Waals surface area contributed by atoms with Crippen molar-refractivity contribution in [3.8, 4) is 0 Å². The highest BCUT2D eigenvalue weighted by Crippen LogP contribution is 2.39. The second-order valence-corrected chi connectivity index (χ2v) is 4.47. The Hall–Kier alpha value is -1.06. The lowest BCUT2D eigenvalue weighted by molar-refractivity contribution is -0.130. The van der Waals surface area contributed by atoms with E-state index in [1.165, 1.54) is 12.8 Å². The maximum atomic E-state index is 11.7. The van der Waals surface area contributed by atoms with Crippen LogP contribution < -0.4 is 5.32 Å². The molecule has 2 rings (SSSR count). The summed E-state index contributed by atoms with van der Waals surface area (Å²) in [4.78, 5) is 24.7. The van der Waals surface area contributed by atoms with E-state index in [9.17, 15) is 9.59 Å². The summed E-state index contributed by atoms with van der Waals surface area (Å²) in [5.74, 6) is 0.773. The van der Waals surface area contributed by atoms with Crippen LogP contribution in [0.3, 0.4) is 0 Å². The quantitative estimate of drug-likeness (QED) is 0.738. The lowest BCUT2D eigenvalue weighted by Gasteiger charge is -2.19. The van der Waals surface area contributed by atoms with Gasteiger partial charge in [0.1, 0.15) is 0 Å². The summed E-state index contributed by atoms with van der Waals surface area (Å²) in [6.07, 6.45) is 3.98. The standard InChI is InChI=1S/C11H18N2O2/c1-2-3-8-6-9(8)13-5-4-10(14)12-7-11(13)15/h8-9H,2-7H2,1H3,(H,12,14). The molecule has 0 radical (unpaired) electrons. The highest BCUT2D eigenvalue weighted by Gasteiger charge is 2.43. The summed E-state index contributed by atoms with van der Waals surface area (Å²) in [5, 5.41) is 2.62. The minimum absolute atomic E-state index is 0.00135. The topological polar surface area (TPSA) is 49.4 Å². The molecule has 0 spiro atoms. The first kappa shape index (κ1) is 10.5. The predicted molar refractivity (Wildman–Crippen MR) is 56.1 cm³/mol. The zero-order valence-electron chi connectivity index (χ0n) is 9.16. The van der Waals surface area contributed by atoms with E-state index < -0.39 is 0 Å². The molecule has 2 amide bonds. The number of carbonyl (C=O) groups excluding carboxylic acids is 2. The van der Waals surface area contributed by atoms with Gasteiger partial charge in [0.15, 0.2) is 0 Å². The van der Waals surface area contributed by atoms with Gasteiger partial charge in [0, 0.05) is 19.0 Å². The average molecular weight is 210 g/mol. The Labute approximate surface area is 90.0 Å². The van der Waals surface area contributed by atoms with Crippen LogP contribution in [0.5, 0.6) is 0 Å². The Kier molecular flexibility index (Phi) is 2.93. The summed E-state index contributed by atoms with van der Waals surface area (Å²) in [7, 11) is 0. The van der Waals surface area contributed by atoms with Gasteiger partial charge in [-0.1, -0.05) is 13.3 Å². The Morgan fingerprint density at radius 3 is 3.00 bits per heavy atom. The van der Waals surface area contributed by atoms with Crippen molar-refractivity contribution in [1.29, 1.82) is 0 Å². The maximum Gasteiger partial charge on any atom is 0.242 e. The van der Waals surface area contributed by atoms with Crippen molar-refractivity contribution >= 4 is 11.8 Å². The zero-order valence-corrected chi connectivity index (χ0v) is 9.16. The van der Waals surface area contributed by atoms with Gasteiger partial charge in [-0.15, -0.1) is 0 Å². The molecule has 1 N–H and O–H groups in total. The molecule has 0 aromatic heterocycles. The molecule has 4 heteroatoms. The van der Waals surface area contributed by atoms with E-state index in [0.717, 1.165) is 6.42 Å². The molecule has 4 nitrogen and oxygen atoms in total. The molecule has 0 aromatic carbocycles. The smallest absolute Gasteiger partial charge is 0.242 e. The van der Waals surface area contributed by atoms with Gasteiger partial charge in [-0.25, -0.2) is 0 Å². The third-order valence-corrected chi connectivity index (χ3v) is 3.28. The molecule has 1 saturated heterocycles. The second-order valence-electron chi connectivity index (χ2n) is 4.47. The Bertz CT molecular complexity index is 278. The first-order chi connectivity index (χ1) is 7.22. The van der Waals surface area contributed by atoms with Crippen LogP contribution in [0, 0.1) is 5.92 Å². The van der Waals surface area contributed by atoms with Crippen LogP contribution in [0.15, 0.2) is 0 Å². The Balaban J connectivity index is 1.91. The first-order valence-electron chi connectivity index (χ1n) is 5.78. The fraction of sp³-hybridized carbons (Fsp3) is 0.818. The number of carbonyl (C=O) groups is 2. The number of rotatable bonds is 3. The summed E-state index contributed by atoms with van der Waals surface area (Å²) in [6.45, 7) is 2.97. The highest BCUT2D eigenvalue weighted by molar-refractivity contribution is 5.87. The van der Waals surface area contributed by atoms with E-state index in [1.54, 1.807) is 0 Å². The number of amides is 2. The van der Waals surface area contributed by atoms with E-state index in [-0.39, 0.29) is 18.4 Å². The van der Waals surface area contributed by atoms with Gasteiger partial charge < -0.3 is 10.2 Å². The van der Waals surface area contributed by atoms with Crippen LogP contribution in [0.2, 0.25) is 0 Å². The largest absolute Gasteiger partial charge is 0.347 e. The Morgan fingerprint density at radius 2 is 2.27 bits per heavy atom. The average Bonchev–Trinajstić information content (AvgIpc) is 2.95. The summed E-state index contributed by atoms with van der Waals surface area (Å²) < 4.78 is 0. The monoisotopic (exact) mass is 210 g/mol. The number of hydrogen-bond acceptors (Lipinski definition) is 2. The minimum Gasteiger partial charge on any atom is -0.347 e. The normalized spacial score (nSPS) is 31.1. The molecule has 2 fully saturated rings. The maximum absolute atomic E-state index is 11.7. The molecule has 2 atom stereocenters. The van der Waals surface area contributed by atoms with Gasteiger partial charge in [0.25, 0.3) is 0 Å². The molecule has 15 heavy (non-hydrogen) atoms. The molecule has 2 aliphatic rings. The highest BCUT2D eigenvalue weighted by atomic mass is 16.2. The van der Waals surface area contributed by atoms with Crippen molar-refractivity contribution in [2.24, 2.45) is 5.92 Å². The van der Waals surface area contributed by atoms with Crippen LogP contribution in [-0.4, -0.2) is 35.8 Å². The molecule has 0 aromatic rings. The van der Waals surface area contributed by atoms with Crippen LogP contribution in [0.4, 0.5) is 0 Å². The van der Waals surface area contributed by atoms with E-state index in [1.807, 2.05) is 4.90 Å². The Morgan fingerprint density at radius 1 is 1.47 bits per heavy atom. The van der Waals surface area contributed by atoms with Gasteiger partial charge in [-0.3, -0.25) is 9.59 Å². The summed E-state index contributed by atoms with van der Waals surface area (Å²) in [6, 6.07) is 0.421. The van der Waals surface area contributed by atoms with Gasteiger partial charge in [0.05, 0.1) is 6.54 Å². The number of nitrogens with zero attached hydrogens (tertiary/aromatic N) is 1.